The molecule has 0 saturated heterocycles. The summed E-state index contributed by atoms with van der Waals surface area (Å²) in [5.74, 6) is 1.51. The Hall–Kier alpha value is -1.58. The van der Waals surface area contributed by atoms with Gasteiger partial charge in [0, 0.05) is 19.3 Å². The van der Waals surface area contributed by atoms with E-state index >= 15 is 0 Å². The van der Waals surface area contributed by atoms with Crippen molar-refractivity contribution < 1.29 is 0 Å². The van der Waals surface area contributed by atoms with Gasteiger partial charge in [0.2, 0.25) is 5.95 Å². The Bertz CT molecular complexity index is 312. The quantitative estimate of drug-likeness (QED) is 0.522. The zero-order chi connectivity index (χ0) is 11.6. The lowest BCUT2D eigenvalue weighted by atomic mass is 10.2. The lowest BCUT2D eigenvalue weighted by molar-refractivity contribution is 0.742. The van der Waals surface area contributed by atoms with Crippen LogP contribution in [0.2, 0.25) is 0 Å². The van der Waals surface area contributed by atoms with Gasteiger partial charge in [0.1, 0.15) is 5.82 Å². The molecule has 0 aromatic carbocycles. The fraction of sp³-hybridized carbons (Fsp3) is 0.500. The summed E-state index contributed by atoms with van der Waals surface area (Å²) < 4.78 is 0. The van der Waals surface area contributed by atoms with Crippen LogP contribution in [-0.4, -0.2) is 23.1 Å². The van der Waals surface area contributed by atoms with E-state index in [1.54, 1.807) is 12.3 Å². The van der Waals surface area contributed by atoms with Crippen molar-refractivity contribution >= 4 is 11.8 Å². The summed E-state index contributed by atoms with van der Waals surface area (Å²) in [4.78, 5) is 8.44. The summed E-state index contributed by atoms with van der Waals surface area (Å²) in [6.45, 7) is 7.47. The molecule has 0 atom stereocenters. The van der Waals surface area contributed by atoms with E-state index in [-0.39, 0.29) is 0 Å². The highest BCUT2D eigenvalue weighted by molar-refractivity contribution is 5.39. The SMILES string of the molecule is C=CCNc1nccc(NCCCCC)n1. The molecule has 1 rings (SSSR count). The fourth-order valence-corrected chi connectivity index (χ4v) is 1.30. The van der Waals surface area contributed by atoms with Crippen LogP contribution < -0.4 is 10.6 Å². The molecular formula is C12H20N4. The summed E-state index contributed by atoms with van der Waals surface area (Å²) in [7, 11) is 0. The Labute approximate surface area is 97.2 Å². The number of hydrogen-bond donors (Lipinski definition) is 2. The van der Waals surface area contributed by atoms with Crippen molar-refractivity contribution in [1.29, 1.82) is 0 Å². The van der Waals surface area contributed by atoms with E-state index in [2.05, 4.69) is 34.1 Å². The van der Waals surface area contributed by atoms with Gasteiger partial charge in [-0.25, -0.2) is 4.98 Å². The molecule has 0 bridgehead atoms. The van der Waals surface area contributed by atoms with E-state index in [4.69, 9.17) is 0 Å². The van der Waals surface area contributed by atoms with Gasteiger partial charge < -0.3 is 10.6 Å². The molecule has 0 amide bonds. The third-order valence-corrected chi connectivity index (χ3v) is 2.15. The molecular weight excluding hydrogens is 200 g/mol. The third-order valence-electron chi connectivity index (χ3n) is 2.15. The van der Waals surface area contributed by atoms with Crippen LogP contribution in [0.5, 0.6) is 0 Å². The maximum absolute atomic E-state index is 4.33. The second-order valence-electron chi connectivity index (χ2n) is 3.57. The predicted molar refractivity (Wildman–Crippen MR) is 68.7 cm³/mol. The predicted octanol–water partition coefficient (Wildman–Crippen LogP) is 2.68. The molecule has 0 aliphatic heterocycles. The number of unbranched alkanes of at least 4 members (excludes halogenated alkanes) is 2. The number of nitrogens with one attached hydrogen (secondary N) is 2. The van der Waals surface area contributed by atoms with Crippen LogP contribution in [0.4, 0.5) is 11.8 Å². The molecule has 0 unspecified atom stereocenters. The normalized spacial score (nSPS) is 9.81. The topological polar surface area (TPSA) is 49.8 Å². The highest BCUT2D eigenvalue weighted by Gasteiger charge is 1.96. The Morgan fingerprint density at radius 3 is 3.00 bits per heavy atom. The van der Waals surface area contributed by atoms with Gasteiger partial charge >= 0.3 is 0 Å². The number of nitrogens with zero attached hydrogens (tertiary/aromatic N) is 2. The zero-order valence-corrected chi connectivity index (χ0v) is 9.87. The van der Waals surface area contributed by atoms with Crippen molar-refractivity contribution in [3.63, 3.8) is 0 Å². The van der Waals surface area contributed by atoms with Crippen LogP contribution in [0.1, 0.15) is 26.2 Å². The first-order chi connectivity index (χ1) is 7.86. The molecule has 2 N–H and O–H groups in total. The van der Waals surface area contributed by atoms with E-state index in [1.807, 2.05) is 6.07 Å². The average Bonchev–Trinajstić information content (AvgIpc) is 2.33. The minimum atomic E-state index is 0.639. The molecule has 1 heterocycles. The summed E-state index contributed by atoms with van der Waals surface area (Å²) in [6, 6.07) is 1.88. The van der Waals surface area contributed by atoms with Gasteiger partial charge in [-0.3, -0.25) is 0 Å². The largest absolute Gasteiger partial charge is 0.370 e. The van der Waals surface area contributed by atoms with Crippen molar-refractivity contribution in [2.24, 2.45) is 0 Å². The van der Waals surface area contributed by atoms with Crippen molar-refractivity contribution in [3.05, 3.63) is 24.9 Å². The molecule has 16 heavy (non-hydrogen) atoms. The van der Waals surface area contributed by atoms with Crippen LogP contribution in [0.25, 0.3) is 0 Å². The van der Waals surface area contributed by atoms with Crippen LogP contribution in [0, 0.1) is 0 Å². The molecule has 0 spiro atoms. The smallest absolute Gasteiger partial charge is 0.224 e. The van der Waals surface area contributed by atoms with Crippen LogP contribution in [-0.2, 0) is 0 Å². The first-order valence-corrected chi connectivity index (χ1v) is 5.78. The second kappa shape index (κ2) is 7.68. The van der Waals surface area contributed by atoms with E-state index < -0.39 is 0 Å². The van der Waals surface area contributed by atoms with Crippen molar-refractivity contribution in [3.8, 4) is 0 Å². The van der Waals surface area contributed by atoms with Crippen LogP contribution in [0.15, 0.2) is 24.9 Å². The van der Waals surface area contributed by atoms with Gasteiger partial charge in [-0.15, -0.1) is 6.58 Å². The summed E-state index contributed by atoms with van der Waals surface area (Å²) in [5.41, 5.74) is 0. The summed E-state index contributed by atoms with van der Waals surface area (Å²) >= 11 is 0. The number of rotatable bonds is 8. The number of aromatic nitrogens is 2. The molecule has 4 nitrogen and oxygen atoms in total. The van der Waals surface area contributed by atoms with E-state index in [0.29, 0.717) is 12.5 Å². The van der Waals surface area contributed by atoms with Crippen molar-refractivity contribution in [2.75, 3.05) is 23.7 Å². The molecule has 4 heteroatoms. The lowest BCUT2D eigenvalue weighted by Gasteiger charge is -2.06. The highest BCUT2D eigenvalue weighted by Crippen LogP contribution is 2.05. The van der Waals surface area contributed by atoms with E-state index in [0.717, 1.165) is 12.4 Å². The van der Waals surface area contributed by atoms with Gasteiger partial charge in [-0.05, 0) is 12.5 Å². The van der Waals surface area contributed by atoms with Gasteiger partial charge in [0.15, 0.2) is 0 Å². The molecule has 1 aromatic rings. The average molecular weight is 220 g/mol. The molecule has 88 valence electrons. The Morgan fingerprint density at radius 1 is 1.38 bits per heavy atom. The minimum Gasteiger partial charge on any atom is -0.370 e. The molecule has 0 aliphatic rings. The van der Waals surface area contributed by atoms with Crippen molar-refractivity contribution in [1.82, 2.24) is 9.97 Å². The molecule has 0 aliphatic carbocycles. The van der Waals surface area contributed by atoms with E-state index in [1.165, 1.54) is 19.3 Å². The molecule has 1 aromatic heterocycles. The van der Waals surface area contributed by atoms with Gasteiger partial charge in [0.05, 0.1) is 0 Å². The van der Waals surface area contributed by atoms with Crippen LogP contribution >= 0.6 is 0 Å². The lowest BCUT2D eigenvalue weighted by Crippen LogP contribution is -2.07. The van der Waals surface area contributed by atoms with Gasteiger partial charge in [-0.2, -0.15) is 4.98 Å². The van der Waals surface area contributed by atoms with E-state index in [9.17, 15) is 0 Å². The molecule has 0 fully saturated rings. The van der Waals surface area contributed by atoms with Gasteiger partial charge in [0.25, 0.3) is 0 Å². The molecule has 0 radical (unpaired) electrons. The highest BCUT2D eigenvalue weighted by atomic mass is 15.1. The zero-order valence-electron chi connectivity index (χ0n) is 9.87. The maximum Gasteiger partial charge on any atom is 0.224 e. The fourth-order valence-electron chi connectivity index (χ4n) is 1.30. The first kappa shape index (κ1) is 12.5. The Morgan fingerprint density at radius 2 is 2.25 bits per heavy atom. The molecule has 0 saturated carbocycles. The Kier molecular flexibility index (Phi) is 5.99. The maximum atomic E-state index is 4.33. The van der Waals surface area contributed by atoms with Crippen molar-refractivity contribution in [2.45, 2.75) is 26.2 Å². The summed E-state index contributed by atoms with van der Waals surface area (Å²) in [5, 5.41) is 6.34. The number of hydrogen-bond acceptors (Lipinski definition) is 4. The van der Waals surface area contributed by atoms with Crippen LogP contribution in [0.3, 0.4) is 0 Å². The number of anilines is 2. The van der Waals surface area contributed by atoms with Gasteiger partial charge in [-0.1, -0.05) is 25.8 Å². The third kappa shape index (κ3) is 4.77. The monoisotopic (exact) mass is 220 g/mol. The standard InChI is InChI=1S/C12H20N4/c1-3-5-6-9-13-11-7-10-15-12(16-11)14-8-4-2/h4,7,10H,2-3,5-6,8-9H2,1H3,(H2,13,14,15,16). The minimum absolute atomic E-state index is 0.639. The summed E-state index contributed by atoms with van der Waals surface area (Å²) in [6.07, 6.45) is 7.19. The first-order valence-electron chi connectivity index (χ1n) is 5.78. The second-order valence-corrected chi connectivity index (χ2v) is 3.57. The Balaban J connectivity index is 2.37.